The van der Waals surface area contributed by atoms with Crippen molar-refractivity contribution >= 4 is 0 Å². The van der Waals surface area contributed by atoms with Crippen molar-refractivity contribution in [3.05, 3.63) is 6.61 Å². The van der Waals surface area contributed by atoms with E-state index in [9.17, 15) is 4.39 Å². The molecule has 1 atom stereocenters. The number of nitrogens with one attached hydrogen (secondary N) is 1. The zero-order valence-electron chi connectivity index (χ0n) is 3.86. The molecule has 1 heterocycles. The molecule has 1 saturated heterocycles. The Morgan fingerprint density at radius 1 is 1.86 bits per heavy atom. The monoisotopic (exact) mass is 104 g/mol. The van der Waals surface area contributed by atoms with Crippen LogP contribution < -0.4 is 5.32 Å². The van der Waals surface area contributed by atoms with Crippen LogP contribution in [0.4, 0.5) is 4.39 Å². The minimum Gasteiger partial charge on any atom is -0.340 e. The van der Waals surface area contributed by atoms with E-state index in [-0.39, 0.29) is 0 Å². The Bertz CT molecular complexity index is 53.7. The zero-order valence-corrected chi connectivity index (χ0v) is 3.86. The van der Waals surface area contributed by atoms with Gasteiger partial charge in [-0.15, -0.1) is 0 Å². The fourth-order valence-corrected chi connectivity index (χ4v) is 0.456. The summed E-state index contributed by atoms with van der Waals surface area (Å²) in [6.45, 7) is 2.39. The Labute approximate surface area is 41.7 Å². The van der Waals surface area contributed by atoms with Gasteiger partial charge in [-0.05, 0) is 0 Å². The zero-order chi connectivity index (χ0) is 5.11. The molecule has 1 rings (SSSR count). The summed E-state index contributed by atoms with van der Waals surface area (Å²) in [4.78, 5) is 0. The minimum atomic E-state index is -1.13. The van der Waals surface area contributed by atoms with Gasteiger partial charge in [0.1, 0.15) is 6.61 Å². The van der Waals surface area contributed by atoms with Gasteiger partial charge in [0, 0.05) is 6.54 Å². The van der Waals surface area contributed by atoms with Gasteiger partial charge < -0.3 is 10.1 Å². The van der Waals surface area contributed by atoms with Gasteiger partial charge in [0.15, 0.2) is 0 Å². The van der Waals surface area contributed by atoms with Crippen LogP contribution >= 0.6 is 0 Å². The first-order chi connectivity index (χ1) is 3.39. The highest BCUT2D eigenvalue weighted by Crippen LogP contribution is 1.97. The summed E-state index contributed by atoms with van der Waals surface area (Å²) in [7, 11) is 0. The van der Waals surface area contributed by atoms with Gasteiger partial charge in [0.25, 0.3) is 0 Å². The molecule has 0 aromatic heterocycles. The number of hydrogen-bond donors (Lipinski definition) is 1. The summed E-state index contributed by atoms with van der Waals surface area (Å²) in [6, 6.07) is 0. The van der Waals surface area contributed by atoms with Gasteiger partial charge in [0.05, 0.1) is 6.54 Å². The molecule has 1 radical (unpaired) electrons. The molecule has 0 spiro atoms. The number of alkyl halides is 1. The molecule has 1 unspecified atom stereocenters. The first kappa shape index (κ1) is 5.00. The molecule has 2 nitrogen and oxygen atoms in total. The lowest BCUT2D eigenvalue weighted by molar-refractivity contribution is -0.0203. The summed E-state index contributed by atoms with van der Waals surface area (Å²) in [5.41, 5.74) is 0. The van der Waals surface area contributed by atoms with Crippen molar-refractivity contribution in [2.75, 3.05) is 13.1 Å². The number of morpholine rings is 1. The predicted octanol–water partition coefficient (Wildman–Crippen LogP) is 0.0636. The van der Waals surface area contributed by atoms with E-state index in [1.165, 1.54) is 6.61 Å². The smallest absolute Gasteiger partial charge is 0.211 e. The van der Waals surface area contributed by atoms with E-state index in [1.54, 1.807) is 0 Å². The Morgan fingerprint density at radius 2 is 2.71 bits per heavy atom. The van der Waals surface area contributed by atoms with E-state index in [0.717, 1.165) is 0 Å². The molecule has 0 amide bonds. The highest BCUT2D eigenvalue weighted by Gasteiger charge is 2.09. The molecule has 0 aliphatic carbocycles. The highest BCUT2D eigenvalue weighted by atomic mass is 19.1. The molecule has 1 aliphatic heterocycles. The van der Waals surface area contributed by atoms with Crippen molar-refractivity contribution in [2.45, 2.75) is 6.36 Å². The lowest BCUT2D eigenvalue weighted by Gasteiger charge is -2.15. The van der Waals surface area contributed by atoms with E-state index in [0.29, 0.717) is 13.1 Å². The van der Waals surface area contributed by atoms with Crippen molar-refractivity contribution in [1.82, 2.24) is 5.32 Å². The quantitative estimate of drug-likeness (QED) is 0.469. The number of ether oxygens (including phenoxy) is 1. The van der Waals surface area contributed by atoms with Crippen molar-refractivity contribution in [3.8, 4) is 0 Å². The molecule has 0 saturated carbocycles. The summed E-state index contributed by atoms with van der Waals surface area (Å²) in [6.07, 6.45) is -1.13. The fraction of sp³-hybridized carbons (Fsp3) is 0.750. The standard InChI is InChI=1S/C4H7FNO/c5-4-3-6-1-2-7-4/h2,4,6H,1,3H2. The second kappa shape index (κ2) is 2.23. The Hall–Kier alpha value is -0.150. The fourth-order valence-electron chi connectivity index (χ4n) is 0.456. The number of rotatable bonds is 0. The third kappa shape index (κ3) is 1.41. The molecule has 41 valence electrons. The van der Waals surface area contributed by atoms with E-state index >= 15 is 0 Å². The molecule has 1 aliphatic rings. The highest BCUT2D eigenvalue weighted by molar-refractivity contribution is 4.64. The van der Waals surface area contributed by atoms with Gasteiger partial charge >= 0.3 is 0 Å². The van der Waals surface area contributed by atoms with Gasteiger partial charge in [-0.2, -0.15) is 0 Å². The topological polar surface area (TPSA) is 21.3 Å². The van der Waals surface area contributed by atoms with E-state index in [2.05, 4.69) is 10.1 Å². The molecule has 1 fully saturated rings. The van der Waals surface area contributed by atoms with Crippen molar-refractivity contribution in [1.29, 1.82) is 0 Å². The van der Waals surface area contributed by atoms with E-state index < -0.39 is 6.36 Å². The van der Waals surface area contributed by atoms with Crippen molar-refractivity contribution < 1.29 is 9.13 Å². The van der Waals surface area contributed by atoms with Crippen LogP contribution in [-0.4, -0.2) is 19.4 Å². The second-order valence-corrected chi connectivity index (χ2v) is 1.37. The van der Waals surface area contributed by atoms with Crippen LogP contribution in [0.1, 0.15) is 0 Å². The van der Waals surface area contributed by atoms with Crippen LogP contribution in [0, 0.1) is 6.61 Å². The van der Waals surface area contributed by atoms with Crippen LogP contribution in [0.3, 0.4) is 0 Å². The lowest BCUT2D eigenvalue weighted by atomic mass is 10.5. The van der Waals surface area contributed by atoms with Gasteiger partial charge in [-0.25, -0.2) is 4.39 Å². The maximum absolute atomic E-state index is 11.9. The number of halogens is 1. The Balaban J connectivity index is 2.12. The maximum atomic E-state index is 11.9. The normalized spacial score (nSPS) is 33.0. The lowest BCUT2D eigenvalue weighted by Crippen LogP contribution is -2.32. The third-order valence-corrected chi connectivity index (χ3v) is 0.776. The third-order valence-electron chi connectivity index (χ3n) is 0.776. The first-order valence-electron chi connectivity index (χ1n) is 2.21. The summed E-state index contributed by atoms with van der Waals surface area (Å²) >= 11 is 0. The van der Waals surface area contributed by atoms with Crippen LogP contribution in [0.2, 0.25) is 0 Å². The summed E-state index contributed by atoms with van der Waals surface area (Å²) in [5.74, 6) is 0. The maximum Gasteiger partial charge on any atom is 0.211 e. The summed E-state index contributed by atoms with van der Waals surface area (Å²) in [5, 5.41) is 2.78. The number of hydrogen-bond acceptors (Lipinski definition) is 2. The minimum absolute atomic E-state index is 0.316. The van der Waals surface area contributed by atoms with Crippen LogP contribution in [0.25, 0.3) is 0 Å². The molecule has 7 heavy (non-hydrogen) atoms. The molecule has 0 bridgehead atoms. The average Bonchev–Trinajstić information content (AvgIpc) is 1.69. The predicted molar refractivity (Wildman–Crippen MR) is 23.2 cm³/mol. The Kier molecular flexibility index (Phi) is 1.59. The van der Waals surface area contributed by atoms with Gasteiger partial charge in [-0.3, -0.25) is 0 Å². The van der Waals surface area contributed by atoms with Crippen LogP contribution in [0.15, 0.2) is 0 Å². The van der Waals surface area contributed by atoms with E-state index in [4.69, 9.17) is 0 Å². The molecule has 0 aromatic rings. The molecule has 3 heteroatoms. The van der Waals surface area contributed by atoms with Crippen molar-refractivity contribution in [2.24, 2.45) is 0 Å². The Morgan fingerprint density at radius 3 is 3.00 bits per heavy atom. The SMILES string of the molecule is FC1CNC[CH]O1. The van der Waals surface area contributed by atoms with Crippen molar-refractivity contribution in [3.63, 3.8) is 0 Å². The van der Waals surface area contributed by atoms with Crippen LogP contribution in [0.5, 0.6) is 0 Å². The largest absolute Gasteiger partial charge is 0.340 e. The first-order valence-corrected chi connectivity index (χ1v) is 2.21. The molecule has 1 N–H and O–H groups in total. The molecular weight excluding hydrogens is 97.0 g/mol. The summed E-state index contributed by atoms with van der Waals surface area (Å²) < 4.78 is 16.3. The van der Waals surface area contributed by atoms with Gasteiger partial charge in [0.2, 0.25) is 6.36 Å². The molecular formula is C4H7FNO. The van der Waals surface area contributed by atoms with Gasteiger partial charge in [-0.1, -0.05) is 0 Å². The average molecular weight is 104 g/mol. The molecule has 0 aromatic carbocycles. The van der Waals surface area contributed by atoms with Crippen LogP contribution in [-0.2, 0) is 4.74 Å². The van der Waals surface area contributed by atoms with E-state index in [1.807, 2.05) is 0 Å². The second-order valence-electron chi connectivity index (χ2n) is 1.37.